The first-order valence-corrected chi connectivity index (χ1v) is 7.27. The number of halogens is 1. The lowest BCUT2D eigenvalue weighted by Gasteiger charge is -2.07. The van der Waals surface area contributed by atoms with Gasteiger partial charge in [0.05, 0.1) is 15.6 Å². The van der Waals surface area contributed by atoms with E-state index in [4.69, 9.17) is 17.3 Å². The van der Waals surface area contributed by atoms with E-state index in [1.165, 1.54) is 18.2 Å². The molecule has 0 fully saturated rings. The number of aromatic nitrogens is 2. The summed E-state index contributed by atoms with van der Waals surface area (Å²) in [5.74, 6) is 0.269. The number of anilines is 2. The Morgan fingerprint density at radius 3 is 2.58 bits per heavy atom. The van der Waals surface area contributed by atoms with Crippen LogP contribution in [0.3, 0.4) is 0 Å². The number of sulfonamides is 1. The highest BCUT2D eigenvalue weighted by Gasteiger charge is 2.18. The summed E-state index contributed by atoms with van der Waals surface area (Å²) >= 11 is 5.76. The summed E-state index contributed by atoms with van der Waals surface area (Å²) < 4.78 is 26.7. The Balaban J connectivity index is 2.37. The van der Waals surface area contributed by atoms with Crippen LogP contribution < -0.4 is 10.5 Å². The van der Waals surface area contributed by atoms with E-state index in [2.05, 4.69) is 14.9 Å². The summed E-state index contributed by atoms with van der Waals surface area (Å²) in [4.78, 5) is 0.0365. The number of aryl methyl sites for hydroxylation is 1. The van der Waals surface area contributed by atoms with Crippen molar-refractivity contribution in [2.75, 3.05) is 10.5 Å². The zero-order valence-electron chi connectivity index (χ0n) is 10.4. The lowest BCUT2D eigenvalue weighted by Crippen LogP contribution is -2.14. The van der Waals surface area contributed by atoms with Gasteiger partial charge in [-0.05, 0) is 32.0 Å². The van der Waals surface area contributed by atoms with Gasteiger partial charge in [0, 0.05) is 11.3 Å². The van der Waals surface area contributed by atoms with Gasteiger partial charge in [0.1, 0.15) is 0 Å². The van der Waals surface area contributed by atoms with Gasteiger partial charge in [-0.2, -0.15) is 5.10 Å². The Morgan fingerprint density at radius 1 is 1.37 bits per heavy atom. The molecular weight excluding hydrogens is 288 g/mol. The topological polar surface area (TPSA) is 101 Å². The Kier molecular flexibility index (Phi) is 3.42. The van der Waals surface area contributed by atoms with Crippen molar-refractivity contribution < 1.29 is 8.42 Å². The van der Waals surface area contributed by atoms with E-state index in [0.29, 0.717) is 5.02 Å². The number of hydrogen-bond acceptors (Lipinski definition) is 4. The second-order valence-corrected chi connectivity index (χ2v) is 6.20. The van der Waals surface area contributed by atoms with E-state index in [-0.39, 0.29) is 16.4 Å². The third-order valence-electron chi connectivity index (χ3n) is 2.76. The van der Waals surface area contributed by atoms with Crippen LogP contribution in [0.1, 0.15) is 11.3 Å². The number of nitrogens with zero attached hydrogens (tertiary/aromatic N) is 1. The maximum absolute atomic E-state index is 12.2. The second kappa shape index (κ2) is 4.75. The minimum absolute atomic E-state index is 0.0365. The quantitative estimate of drug-likeness (QED) is 0.755. The Morgan fingerprint density at radius 2 is 2.05 bits per heavy atom. The van der Waals surface area contributed by atoms with Crippen LogP contribution in [0.15, 0.2) is 23.1 Å². The first kappa shape index (κ1) is 13.7. The number of nitrogens with two attached hydrogens (primary N) is 1. The fraction of sp³-hybridized carbons (Fsp3) is 0.182. The number of aromatic amines is 1. The molecule has 1 aromatic carbocycles. The summed E-state index contributed by atoms with van der Waals surface area (Å²) in [6, 6.07) is 4.13. The molecule has 0 saturated heterocycles. The van der Waals surface area contributed by atoms with Crippen LogP contribution in [0.4, 0.5) is 11.5 Å². The number of nitrogens with one attached hydrogen (secondary N) is 2. The average molecular weight is 301 g/mol. The third kappa shape index (κ3) is 2.66. The molecule has 2 aromatic rings. The molecule has 0 atom stereocenters. The molecule has 0 aliphatic carbocycles. The molecule has 2 rings (SSSR count). The van der Waals surface area contributed by atoms with Gasteiger partial charge in [-0.25, -0.2) is 8.42 Å². The molecular formula is C11H13ClN4O2S. The maximum atomic E-state index is 12.2. The van der Waals surface area contributed by atoms with Crippen LogP contribution in [0.2, 0.25) is 5.02 Å². The third-order valence-corrected chi connectivity index (χ3v) is 4.44. The van der Waals surface area contributed by atoms with Gasteiger partial charge in [-0.1, -0.05) is 11.6 Å². The fourth-order valence-electron chi connectivity index (χ4n) is 1.46. The zero-order chi connectivity index (χ0) is 14.2. The van der Waals surface area contributed by atoms with Crippen molar-refractivity contribution in [1.29, 1.82) is 0 Å². The molecule has 6 nitrogen and oxygen atoms in total. The van der Waals surface area contributed by atoms with Crippen molar-refractivity contribution >= 4 is 33.1 Å². The van der Waals surface area contributed by atoms with E-state index >= 15 is 0 Å². The number of benzene rings is 1. The maximum Gasteiger partial charge on any atom is 0.263 e. The number of H-pyrrole nitrogens is 1. The van der Waals surface area contributed by atoms with Crippen LogP contribution in [0, 0.1) is 13.8 Å². The van der Waals surface area contributed by atoms with Crippen LogP contribution in [0.5, 0.6) is 0 Å². The minimum atomic E-state index is -3.73. The Hall–Kier alpha value is -1.73. The van der Waals surface area contributed by atoms with Gasteiger partial charge in [0.2, 0.25) is 0 Å². The first-order valence-electron chi connectivity index (χ1n) is 5.40. The molecule has 1 heterocycles. The van der Waals surface area contributed by atoms with E-state index in [1.54, 1.807) is 13.8 Å². The molecule has 102 valence electrons. The van der Waals surface area contributed by atoms with Crippen LogP contribution in [0.25, 0.3) is 0 Å². The largest absolute Gasteiger partial charge is 0.397 e. The molecule has 0 bridgehead atoms. The monoisotopic (exact) mass is 300 g/mol. The van der Waals surface area contributed by atoms with Crippen molar-refractivity contribution in [3.8, 4) is 0 Å². The Labute approximate surface area is 116 Å². The summed E-state index contributed by atoms with van der Waals surface area (Å²) in [5.41, 5.74) is 7.35. The molecule has 1 aromatic heterocycles. The van der Waals surface area contributed by atoms with Gasteiger partial charge in [0.15, 0.2) is 5.82 Å². The highest BCUT2D eigenvalue weighted by molar-refractivity contribution is 7.92. The molecule has 0 aliphatic heterocycles. The van der Waals surface area contributed by atoms with Crippen molar-refractivity contribution in [2.45, 2.75) is 18.7 Å². The van der Waals surface area contributed by atoms with Gasteiger partial charge >= 0.3 is 0 Å². The van der Waals surface area contributed by atoms with Crippen molar-refractivity contribution in [2.24, 2.45) is 0 Å². The minimum Gasteiger partial charge on any atom is -0.397 e. The van der Waals surface area contributed by atoms with Gasteiger partial charge in [-0.15, -0.1) is 0 Å². The molecule has 8 heteroatoms. The van der Waals surface area contributed by atoms with Gasteiger partial charge in [0.25, 0.3) is 10.0 Å². The SMILES string of the molecule is Cc1[nH]nc(NS(=O)(=O)c2ccc(Cl)c(N)c2)c1C. The predicted octanol–water partition coefficient (Wildman–Crippen LogP) is 2.06. The first-order chi connectivity index (χ1) is 8.81. The predicted molar refractivity (Wildman–Crippen MR) is 74.7 cm³/mol. The Bertz CT molecular complexity index is 724. The smallest absolute Gasteiger partial charge is 0.263 e. The van der Waals surface area contributed by atoms with E-state index in [9.17, 15) is 8.42 Å². The number of hydrogen-bond donors (Lipinski definition) is 3. The lowest BCUT2D eigenvalue weighted by atomic mass is 10.3. The van der Waals surface area contributed by atoms with Crippen molar-refractivity contribution in [1.82, 2.24) is 10.2 Å². The summed E-state index contributed by atoms with van der Waals surface area (Å²) in [5, 5.41) is 6.91. The van der Waals surface area contributed by atoms with Crippen molar-refractivity contribution in [3.05, 3.63) is 34.5 Å². The molecule has 0 saturated carbocycles. The molecule has 0 unspecified atom stereocenters. The molecule has 0 aliphatic rings. The fourth-order valence-corrected chi connectivity index (χ4v) is 2.68. The van der Waals surface area contributed by atoms with E-state index in [0.717, 1.165) is 11.3 Å². The lowest BCUT2D eigenvalue weighted by molar-refractivity contribution is 0.601. The van der Waals surface area contributed by atoms with E-state index in [1.807, 2.05) is 0 Å². The molecule has 0 amide bonds. The van der Waals surface area contributed by atoms with Crippen molar-refractivity contribution in [3.63, 3.8) is 0 Å². The normalized spacial score (nSPS) is 11.5. The van der Waals surface area contributed by atoms with Crippen LogP contribution >= 0.6 is 11.6 Å². The summed E-state index contributed by atoms with van der Waals surface area (Å²) in [6.45, 7) is 3.58. The standard InChI is InChI=1S/C11H13ClN4O2S/c1-6-7(2)14-15-11(6)16-19(17,18)8-3-4-9(12)10(13)5-8/h3-5H,13H2,1-2H3,(H2,14,15,16). The second-order valence-electron chi connectivity index (χ2n) is 4.11. The van der Waals surface area contributed by atoms with Crippen LogP contribution in [-0.4, -0.2) is 18.6 Å². The highest BCUT2D eigenvalue weighted by Crippen LogP contribution is 2.24. The summed E-state index contributed by atoms with van der Waals surface area (Å²) in [6.07, 6.45) is 0. The van der Waals surface area contributed by atoms with Gasteiger partial charge in [-0.3, -0.25) is 9.82 Å². The highest BCUT2D eigenvalue weighted by atomic mass is 35.5. The average Bonchev–Trinajstić information content (AvgIpc) is 2.64. The van der Waals surface area contributed by atoms with Gasteiger partial charge < -0.3 is 5.73 Å². The number of nitrogen functional groups attached to an aromatic ring is 1. The summed E-state index contributed by atoms with van der Waals surface area (Å²) in [7, 11) is -3.73. The number of rotatable bonds is 3. The van der Waals surface area contributed by atoms with Crippen LogP contribution in [-0.2, 0) is 10.0 Å². The zero-order valence-corrected chi connectivity index (χ0v) is 11.9. The molecule has 19 heavy (non-hydrogen) atoms. The molecule has 0 radical (unpaired) electrons. The molecule has 0 spiro atoms. The molecule has 4 N–H and O–H groups in total. The van der Waals surface area contributed by atoms with E-state index < -0.39 is 10.0 Å².